The Morgan fingerprint density at radius 2 is 1.93 bits per heavy atom. The maximum Gasteiger partial charge on any atom is 0.318 e. The third kappa shape index (κ3) is 3.70. The summed E-state index contributed by atoms with van der Waals surface area (Å²) < 4.78 is 7.27. The molecule has 2 amide bonds. The average molecular weight is 406 g/mol. The highest BCUT2D eigenvalue weighted by Crippen LogP contribution is 2.33. The number of morpholine rings is 1. The van der Waals surface area contributed by atoms with Gasteiger partial charge in [0.1, 0.15) is 5.69 Å². The lowest BCUT2D eigenvalue weighted by Gasteiger charge is -2.28. The maximum absolute atomic E-state index is 12.9. The van der Waals surface area contributed by atoms with Crippen molar-refractivity contribution in [3.63, 3.8) is 0 Å². The molecule has 1 unspecified atom stereocenters. The summed E-state index contributed by atoms with van der Waals surface area (Å²) in [6, 6.07) is 14.0. The van der Waals surface area contributed by atoms with Crippen molar-refractivity contribution in [3.8, 4) is 0 Å². The Morgan fingerprint density at radius 3 is 2.77 bits per heavy atom. The Hall–Kier alpha value is -3.13. The number of carbonyl (C=O) groups is 1. The number of benzene rings is 1. The summed E-state index contributed by atoms with van der Waals surface area (Å²) in [5.41, 5.74) is 4.04. The highest BCUT2D eigenvalue weighted by atomic mass is 16.5. The molecular weight excluding hydrogens is 380 g/mol. The van der Waals surface area contributed by atoms with Crippen LogP contribution in [0.2, 0.25) is 0 Å². The molecule has 0 aliphatic carbocycles. The van der Waals surface area contributed by atoms with Crippen molar-refractivity contribution in [1.82, 2.24) is 25.0 Å². The first-order chi connectivity index (χ1) is 14.8. The van der Waals surface area contributed by atoms with Gasteiger partial charge in [-0.2, -0.15) is 0 Å². The summed E-state index contributed by atoms with van der Waals surface area (Å²) in [5, 5.41) is 11.9. The van der Waals surface area contributed by atoms with Crippen LogP contribution < -0.4 is 10.2 Å². The predicted molar refractivity (Wildman–Crippen MR) is 113 cm³/mol. The van der Waals surface area contributed by atoms with Gasteiger partial charge in [-0.05, 0) is 30.5 Å². The van der Waals surface area contributed by atoms with E-state index < -0.39 is 0 Å². The fourth-order valence-corrected chi connectivity index (χ4v) is 4.32. The van der Waals surface area contributed by atoms with E-state index in [1.807, 2.05) is 45.9 Å². The molecule has 156 valence electrons. The molecule has 0 saturated carbocycles. The number of urea groups is 1. The van der Waals surface area contributed by atoms with Crippen LogP contribution >= 0.6 is 0 Å². The van der Waals surface area contributed by atoms with Crippen LogP contribution in [-0.4, -0.2) is 58.6 Å². The molecule has 1 N–H and O–H groups in total. The molecule has 5 rings (SSSR count). The monoisotopic (exact) mass is 406 g/mol. The molecule has 8 heteroatoms. The van der Waals surface area contributed by atoms with E-state index in [0.29, 0.717) is 6.54 Å². The SMILES string of the molecule is O=C(NCc1ccccc1)N1CCCC1c1nnn2cc(N3CCOCC3)ccc12. The van der Waals surface area contributed by atoms with Crippen LogP contribution in [0.4, 0.5) is 10.5 Å². The van der Waals surface area contributed by atoms with Crippen molar-refractivity contribution in [2.24, 2.45) is 0 Å². The van der Waals surface area contributed by atoms with Gasteiger partial charge in [0.2, 0.25) is 0 Å². The van der Waals surface area contributed by atoms with E-state index in [9.17, 15) is 4.79 Å². The third-order valence-electron chi connectivity index (χ3n) is 5.92. The minimum absolute atomic E-state index is 0.0486. The first-order valence-corrected chi connectivity index (χ1v) is 10.6. The van der Waals surface area contributed by atoms with E-state index in [-0.39, 0.29) is 12.1 Å². The van der Waals surface area contributed by atoms with Gasteiger partial charge in [-0.3, -0.25) is 0 Å². The molecule has 2 fully saturated rings. The molecule has 0 radical (unpaired) electrons. The van der Waals surface area contributed by atoms with Gasteiger partial charge in [-0.1, -0.05) is 35.5 Å². The minimum atomic E-state index is -0.0487. The number of carbonyl (C=O) groups excluding carboxylic acids is 1. The summed E-state index contributed by atoms with van der Waals surface area (Å²) in [6.07, 6.45) is 3.89. The number of amides is 2. The number of likely N-dealkylation sites (tertiary alicyclic amines) is 1. The number of nitrogens with zero attached hydrogens (tertiary/aromatic N) is 5. The van der Waals surface area contributed by atoms with Gasteiger partial charge < -0.3 is 19.9 Å². The second-order valence-electron chi connectivity index (χ2n) is 7.79. The molecule has 0 spiro atoms. The number of nitrogens with one attached hydrogen (secondary N) is 1. The van der Waals surface area contributed by atoms with E-state index >= 15 is 0 Å². The molecular formula is C22H26N6O2. The standard InChI is InChI=1S/C22H26N6O2/c29-22(23-15-17-5-2-1-3-6-17)27-10-4-7-19(27)21-20-9-8-18(16-28(20)25-24-21)26-11-13-30-14-12-26/h1-3,5-6,8-9,16,19H,4,7,10-15H2,(H,23,29). The molecule has 0 bridgehead atoms. The Morgan fingerprint density at radius 1 is 1.10 bits per heavy atom. The summed E-state index contributed by atoms with van der Waals surface area (Å²) in [7, 11) is 0. The molecule has 1 aromatic carbocycles. The highest BCUT2D eigenvalue weighted by Gasteiger charge is 2.33. The fraction of sp³-hybridized carbons (Fsp3) is 0.409. The maximum atomic E-state index is 12.9. The smallest absolute Gasteiger partial charge is 0.318 e. The van der Waals surface area contributed by atoms with Crippen LogP contribution in [-0.2, 0) is 11.3 Å². The second kappa shape index (κ2) is 8.31. The van der Waals surface area contributed by atoms with Crippen molar-refractivity contribution in [2.45, 2.75) is 25.4 Å². The first-order valence-electron chi connectivity index (χ1n) is 10.6. The molecule has 2 aromatic heterocycles. The average Bonchev–Trinajstić information content (AvgIpc) is 3.45. The largest absolute Gasteiger partial charge is 0.378 e. The third-order valence-corrected chi connectivity index (χ3v) is 5.92. The van der Waals surface area contributed by atoms with Crippen molar-refractivity contribution < 1.29 is 9.53 Å². The van der Waals surface area contributed by atoms with Crippen molar-refractivity contribution in [3.05, 3.63) is 59.9 Å². The van der Waals surface area contributed by atoms with Gasteiger partial charge in [0.05, 0.1) is 36.7 Å². The second-order valence-corrected chi connectivity index (χ2v) is 7.79. The van der Waals surface area contributed by atoms with E-state index in [4.69, 9.17) is 4.74 Å². The van der Waals surface area contributed by atoms with Crippen LogP contribution in [0.15, 0.2) is 48.7 Å². The first kappa shape index (κ1) is 18.9. The fourth-order valence-electron chi connectivity index (χ4n) is 4.32. The number of aromatic nitrogens is 3. The lowest BCUT2D eigenvalue weighted by Crippen LogP contribution is -2.39. The van der Waals surface area contributed by atoms with Crippen molar-refractivity contribution in [2.75, 3.05) is 37.7 Å². The summed E-state index contributed by atoms with van der Waals surface area (Å²) >= 11 is 0. The predicted octanol–water partition coefficient (Wildman–Crippen LogP) is 2.61. The van der Waals surface area contributed by atoms with Crippen LogP contribution in [0.3, 0.4) is 0 Å². The quantitative estimate of drug-likeness (QED) is 0.721. The number of hydrogen-bond acceptors (Lipinski definition) is 5. The Balaban J connectivity index is 1.32. The number of pyridine rings is 1. The Kier molecular flexibility index (Phi) is 5.23. The number of ether oxygens (including phenoxy) is 1. The van der Waals surface area contributed by atoms with Crippen LogP contribution in [0, 0.1) is 0 Å². The molecule has 2 aliphatic heterocycles. The Labute approximate surface area is 175 Å². The zero-order valence-corrected chi connectivity index (χ0v) is 16.9. The van der Waals surface area contributed by atoms with Gasteiger partial charge in [0, 0.05) is 26.2 Å². The van der Waals surface area contributed by atoms with Crippen LogP contribution in [0.25, 0.3) is 5.52 Å². The van der Waals surface area contributed by atoms with E-state index in [1.54, 1.807) is 0 Å². The van der Waals surface area contributed by atoms with Crippen molar-refractivity contribution in [1.29, 1.82) is 0 Å². The zero-order chi connectivity index (χ0) is 20.3. The number of rotatable bonds is 4. The summed E-state index contributed by atoms with van der Waals surface area (Å²) in [5.74, 6) is 0. The molecule has 4 heterocycles. The van der Waals surface area contributed by atoms with Gasteiger partial charge in [-0.25, -0.2) is 9.31 Å². The number of anilines is 1. The van der Waals surface area contributed by atoms with Crippen molar-refractivity contribution >= 4 is 17.2 Å². The number of fused-ring (bicyclic) bond motifs is 1. The van der Waals surface area contributed by atoms with Gasteiger partial charge >= 0.3 is 6.03 Å². The van der Waals surface area contributed by atoms with E-state index in [1.165, 1.54) is 0 Å². The molecule has 2 saturated heterocycles. The minimum Gasteiger partial charge on any atom is -0.378 e. The molecule has 2 aliphatic rings. The topological polar surface area (TPSA) is 75.0 Å². The molecule has 3 aromatic rings. The van der Waals surface area contributed by atoms with Crippen LogP contribution in [0.1, 0.15) is 30.1 Å². The van der Waals surface area contributed by atoms with E-state index in [2.05, 4.69) is 32.7 Å². The highest BCUT2D eigenvalue weighted by molar-refractivity contribution is 5.75. The van der Waals surface area contributed by atoms with Gasteiger partial charge in [0.15, 0.2) is 0 Å². The van der Waals surface area contributed by atoms with Gasteiger partial charge in [-0.15, -0.1) is 5.10 Å². The molecule has 1 atom stereocenters. The molecule has 8 nitrogen and oxygen atoms in total. The summed E-state index contributed by atoms with van der Waals surface area (Å²) in [4.78, 5) is 17.0. The Bertz CT molecular complexity index is 1010. The van der Waals surface area contributed by atoms with Crippen LogP contribution in [0.5, 0.6) is 0 Å². The zero-order valence-electron chi connectivity index (χ0n) is 16.9. The molecule has 30 heavy (non-hydrogen) atoms. The normalized spacial score (nSPS) is 19.4. The lowest BCUT2D eigenvalue weighted by molar-refractivity contribution is 0.122. The summed E-state index contributed by atoms with van der Waals surface area (Å²) in [6.45, 7) is 4.51. The van der Waals surface area contributed by atoms with Gasteiger partial charge in [0.25, 0.3) is 0 Å². The van der Waals surface area contributed by atoms with E-state index in [0.717, 1.165) is 68.2 Å². The lowest BCUT2D eigenvalue weighted by atomic mass is 10.1. The number of hydrogen-bond donors (Lipinski definition) is 1.